The van der Waals surface area contributed by atoms with Gasteiger partial charge in [0.1, 0.15) is 12.3 Å². The molecule has 164 valence electrons. The number of hydrogen-bond acceptors (Lipinski definition) is 6. The Hall–Kier alpha value is -3.19. The van der Waals surface area contributed by atoms with Gasteiger partial charge in [0.25, 0.3) is 0 Å². The maximum Gasteiger partial charge on any atom is 0.231 e. The molecule has 0 bridgehead atoms. The number of likely N-dealkylation sites (tertiary alicyclic amines) is 1. The van der Waals surface area contributed by atoms with E-state index in [1.807, 2.05) is 0 Å². The molecule has 1 fully saturated rings. The molecule has 7 heteroatoms. The smallest absolute Gasteiger partial charge is 0.231 e. The number of Topliss-reactive ketones (excluding diaryl/α,β-unsaturated/α-hetero) is 1. The van der Waals surface area contributed by atoms with E-state index in [-0.39, 0.29) is 17.3 Å². The van der Waals surface area contributed by atoms with Crippen LogP contribution in [0.25, 0.3) is 6.08 Å². The fourth-order valence-corrected chi connectivity index (χ4v) is 4.28. The number of carbonyl (C=O) groups excluding carboxylic acids is 1. The number of aromatic hydroxyl groups is 1. The van der Waals surface area contributed by atoms with Gasteiger partial charge in [-0.1, -0.05) is 0 Å². The number of piperidine rings is 1. The lowest BCUT2D eigenvalue weighted by molar-refractivity contribution is -0.918. The Morgan fingerprint density at radius 2 is 1.71 bits per heavy atom. The summed E-state index contributed by atoms with van der Waals surface area (Å²) < 4.78 is 22.2. The molecule has 31 heavy (non-hydrogen) atoms. The van der Waals surface area contributed by atoms with Crippen molar-refractivity contribution in [3.63, 3.8) is 0 Å². The lowest BCUT2D eigenvalue weighted by atomic mass is 10.0. The Kier molecular flexibility index (Phi) is 6.04. The minimum Gasteiger partial charge on any atom is -0.507 e. The second-order valence-corrected chi connectivity index (χ2v) is 7.83. The van der Waals surface area contributed by atoms with E-state index in [0.717, 1.165) is 13.1 Å². The van der Waals surface area contributed by atoms with Crippen molar-refractivity contribution in [3.05, 3.63) is 46.7 Å². The highest BCUT2D eigenvalue weighted by Crippen LogP contribution is 2.41. The third kappa shape index (κ3) is 4.05. The number of allylic oxidation sites excluding steroid dienone is 1. The number of phenols is 1. The summed E-state index contributed by atoms with van der Waals surface area (Å²) in [6.07, 6.45) is 5.26. The predicted molar refractivity (Wildman–Crippen MR) is 115 cm³/mol. The number of ether oxygens (including phenoxy) is 4. The fourth-order valence-electron chi connectivity index (χ4n) is 4.28. The number of methoxy groups -OCH3 is 3. The number of rotatable bonds is 6. The van der Waals surface area contributed by atoms with Crippen molar-refractivity contribution >= 4 is 11.9 Å². The Bertz CT molecular complexity index is 998. The number of ketones is 1. The Labute approximate surface area is 181 Å². The van der Waals surface area contributed by atoms with Crippen LogP contribution in [0.4, 0.5) is 0 Å². The summed E-state index contributed by atoms with van der Waals surface area (Å²) in [4.78, 5) is 14.4. The molecular formula is C24H28NO6+. The summed E-state index contributed by atoms with van der Waals surface area (Å²) in [5, 5.41) is 10.5. The van der Waals surface area contributed by atoms with E-state index in [1.54, 1.807) is 44.6 Å². The predicted octanol–water partition coefficient (Wildman–Crippen LogP) is 2.60. The first-order valence-electron chi connectivity index (χ1n) is 10.5. The van der Waals surface area contributed by atoms with Gasteiger partial charge in [0.15, 0.2) is 23.0 Å². The van der Waals surface area contributed by atoms with Gasteiger partial charge < -0.3 is 29.0 Å². The molecule has 0 atom stereocenters. The maximum atomic E-state index is 13.0. The molecule has 2 heterocycles. The average Bonchev–Trinajstić information content (AvgIpc) is 3.11. The molecule has 2 aromatic carbocycles. The number of fused-ring (bicyclic) bond motifs is 1. The van der Waals surface area contributed by atoms with Crippen LogP contribution in [-0.2, 0) is 6.54 Å². The second kappa shape index (κ2) is 8.89. The summed E-state index contributed by atoms with van der Waals surface area (Å²) in [7, 11) is 4.62. The first-order chi connectivity index (χ1) is 15.0. The van der Waals surface area contributed by atoms with E-state index >= 15 is 0 Å². The Balaban J connectivity index is 1.68. The van der Waals surface area contributed by atoms with Crippen LogP contribution in [0.1, 0.15) is 40.7 Å². The molecule has 0 spiro atoms. The average molecular weight is 426 g/mol. The second-order valence-electron chi connectivity index (χ2n) is 7.83. The molecule has 2 aromatic rings. The van der Waals surface area contributed by atoms with E-state index in [1.165, 1.54) is 31.3 Å². The highest BCUT2D eigenvalue weighted by Gasteiger charge is 2.33. The van der Waals surface area contributed by atoms with Gasteiger partial charge in [0.05, 0.1) is 45.5 Å². The zero-order valence-corrected chi connectivity index (χ0v) is 18.1. The molecule has 2 aliphatic rings. The van der Waals surface area contributed by atoms with E-state index in [9.17, 15) is 9.90 Å². The third-order valence-corrected chi connectivity index (χ3v) is 5.89. The van der Waals surface area contributed by atoms with E-state index in [2.05, 4.69) is 0 Å². The molecule has 7 nitrogen and oxygen atoms in total. The van der Waals surface area contributed by atoms with Crippen molar-refractivity contribution in [2.45, 2.75) is 25.8 Å². The van der Waals surface area contributed by atoms with Gasteiger partial charge in [-0.2, -0.15) is 0 Å². The zero-order chi connectivity index (χ0) is 22.0. The van der Waals surface area contributed by atoms with Gasteiger partial charge in [-0.25, -0.2) is 0 Å². The van der Waals surface area contributed by atoms with E-state index in [0.29, 0.717) is 46.2 Å². The van der Waals surface area contributed by atoms with Crippen LogP contribution < -0.4 is 23.8 Å². The number of nitrogens with one attached hydrogen (secondary N) is 1. The molecule has 0 unspecified atom stereocenters. The van der Waals surface area contributed by atoms with Crippen molar-refractivity contribution in [2.24, 2.45) is 0 Å². The summed E-state index contributed by atoms with van der Waals surface area (Å²) in [5.74, 6) is 2.07. The first-order valence-corrected chi connectivity index (χ1v) is 10.5. The summed E-state index contributed by atoms with van der Waals surface area (Å²) in [6, 6.07) is 6.72. The Morgan fingerprint density at radius 3 is 2.32 bits per heavy atom. The highest BCUT2D eigenvalue weighted by molar-refractivity contribution is 6.15. The molecular weight excluding hydrogens is 398 g/mol. The molecule has 0 aliphatic carbocycles. The van der Waals surface area contributed by atoms with E-state index < -0.39 is 0 Å². The van der Waals surface area contributed by atoms with Gasteiger partial charge >= 0.3 is 0 Å². The molecule has 0 saturated carbocycles. The largest absolute Gasteiger partial charge is 0.507 e. The quantitative estimate of drug-likeness (QED) is 0.692. The molecule has 4 rings (SSSR count). The molecule has 1 saturated heterocycles. The number of quaternary nitrogens is 1. The molecule has 2 N–H and O–H groups in total. The van der Waals surface area contributed by atoms with Crippen LogP contribution in [0.5, 0.6) is 28.7 Å². The third-order valence-electron chi connectivity index (χ3n) is 5.89. The lowest BCUT2D eigenvalue weighted by Gasteiger charge is -2.24. The SMILES string of the molecule is COc1cc(/C=C2\Oc3c(ccc(O)c3C[NH+]3CCCCC3)C2=O)cc(OC)c1OC. The standard InChI is InChI=1S/C24H27NO6/c1-28-20-12-15(13-21(29-2)24(20)30-3)11-19-22(27)16-7-8-18(26)17(23(16)31-19)14-25-9-5-4-6-10-25/h7-8,11-13,26H,4-6,9-10,14H2,1-3H3/p+1/b19-11-. The van der Waals surface area contributed by atoms with Crippen LogP contribution in [0, 0.1) is 0 Å². The normalized spacial score (nSPS) is 17.4. The van der Waals surface area contributed by atoms with Gasteiger partial charge in [0, 0.05) is 0 Å². The van der Waals surface area contributed by atoms with Crippen LogP contribution in [-0.4, -0.2) is 45.3 Å². The summed E-state index contributed by atoms with van der Waals surface area (Å²) in [5.41, 5.74) is 1.84. The van der Waals surface area contributed by atoms with Crippen LogP contribution in [0.2, 0.25) is 0 Å². The van der Waals surface area contributed by atoms with Crippen LogP contribution >= 0.6 is 0 Å². The number of benzene rings is 2. The van der Waals surface area contributed by atoms with Crippen molar-refractivity contribution in [1.29, 1.82) is 0 Å². The van der Waals surface area contributed by atoms with Crippen LogP contribution in [0.15, 0.2) is 30.0 Å². The number of phenolic OH excluding ortho intramolecular Hbond substituents is 1. The van der Waals surface area contributed by atoms with Gasteiger partial charge in [-0.05, 0) is 55.2 Å². The van der Waals surface area contributed by atoms with Crippen molar-refractivity contribution in [1.82, 2.24) is 0 Å². The lowest BCUT2D eigenvalue weighted by Crippen LogP contribution is -3.11. The first kappa shape index (κ1) is 21.1. The topological polar surface area (TPSA) is 78.7 Å². The fraction of sp³-hybridized carbons (Fsp3) is 0.375. The van der Waals surface area contributed by atoms with E-state index in [4.69, 9.17) is 18.9 Å². The molecule has 0 radical (unpaired) electrons. The molecule has 2 aliphatic heterocycles. The minimum atomic E-state index is -0.210. The van der Waals surface area contributed by atoms with Gasteiger partial charge in [-0.3, -0.25) is 4.79 Å². The van der Waals surface area contributed by atoms with Gasteiger partial charge in [-0.15, -0.1) is 0 Å². The Morgan fingerprint density at radius 1 is 1.03 bits per heavy atom. The summed E-state index contributed by atoms with van der Waals surface area (Å²) in [6.45, 7) is 2.76. The van der Waals surface area contributed by atoms with Crippen molar-refractivity contribution in [2.75, 3.05) is 34.4 Å². The number of hydrogen-bond donors (Lipinski definition) is 2. The maximum absolute atomic E-state index is 13.0. The molecule has 0 amide bonds. The molecule has 0 aromatic heterocycles. The minimum absolute atomic E-state index is 0.165. The van der Waals surface area contributed by atoms with Crippen LogP contribution in [0.3, 0.4) is 0 Å². The summed E-state index contributed by atoms with van der Waals surface area (Å²) >= 11 is 0. The number of carbonyl (C=O) groups is 1. The van der Waals surface area contributed by atoms with Gasteiger partial charge in [0.2, 0.25) is 11.5 Å². The van der Waals surface area contributed by atoms with Crippen molar-refractivity contribution < 1.29 is 33.7 Å². The van der Waals surface area contributed by atoms with Crippen molar-refractivity contribution in [3.8, 4) is 28.7 Å². The zero-order valence-electron chi connectivity index (χ0n) is 18.1. The monoisotopic (exact) mass is 426 g/mol. The highest BCUT2D eigenvalue weighted by atomic mass is 16.5.